The minimum atomic E-state index is -3.57. The summed E-state index contributed by atoms with van der Waals surface area (Å²) in [5, 5.41) is 11.6. The first-order chi connectivity index (χ1) is 10.4. The average molecular weight is 315 g/mol. The van der Waals surface area contributed by atoms with Crippen LogP contribution in [0.2, 0.25) is 0 Å². The minimum Gasteiger partial charge on any atom is -0.383 e. The number of para-hydroxylation sites is 1. The predicted molar refractivity (Wildman–Crippen MR) is 86.4 cm³/mol. The van der Waals surface area contributed by atoms with Gasteiger partial charge in [0.25, 0.3) is 0 Å². The lowest BCUT2D eigenvalue weighted by Gasteiger charge is -2.22. The first kappa shape index (κ1) is 14.8. The van der Waals surface area contributed by atoms with Crippen LogP contribution in [0.4, 0.5) is 0 Å². The van der Waals surface area contributed by atoms with Crippen molar-refractivity contribution in [2.24, 2.45) is 0 Å². The fourth-order valence-electron chi connectivity index (χ4n) is 2.52. The van der Waals surface area contributed by atoms with Crippen LogP contribution in [-0.4, -0.2) is 24.3 Å². The second kappa shape index (κ2) is 5.26. The third-order valence-electron chi connectivity index (χ3n) is 3.68. The van der Waals surface area contributed by atoms with Gasteiger partial charge in [-0.25, -0.2) is 8.42 Å². The summed E-state index contributed by atoms with van der Waals surface area (Å²) in [4.78, 5) is 3.31. The maximum Gasteiger partial charge on any atom is 0.181 e. The van der Waals surface area contributed by atoms with Crippen molar-refractivity contribution in [3.63, 3.8) is 0 Å². The Morgan fingerprint density at radius 3 is 2.36 bits per heavy atom. The quantitative estimate of drug-likeness (QED) is 0.778. The molecule has 0 saturated heterocycles. The van der Waals surface area contributed by atoms with E-state index in [1.165, 1.54) is 19.1 Å². The van der Waals surface area contributed by atoms with Crippen molar-refractivity contribution in [1.29, 1.82) is 0 Å². The Morgan fingerprint density at radius 2 is 1.68 bits per heavy atom. The molecule has 3 rings (SSSR count). The number of benzene rings is 2. The number of hydrogen-bond donors (Lipinski definition) is 2. The van der Waals surface area contributed by atoms with Gasteiger partial charge >= 0.3 is 0 Å². The van der Waals surface area contributed by atoms with Crippen molar-refractivity contribution in [3.8, 4) is 0 Å². The number of sulfone groups is 1. The Balaban J connectivity index is 1.96. The fraction of sp³-hybridized carbons (Fsp3) is 0.176. The molecule has 22 heavy (non-hydrogen) atoms. The minimum absolute atomic E-state index is 0.214. The number of rotatable bonds is 4. The fourth-order valence-corrected chi connectivity index (χ4v) is 4.16. The van der Waals surface area contributed by atoms with Crippen LogP contribution in [0.25, 0.3) is 10.9 Å². The molecule has 4 nitrogen and oxygen atoms in total. The Morgan fingerprint density at radius 1 is 1.05 bits per heavy atom. The molecule has 114 valence electrons. The zero-order valence-corrected chi connectivity index (χ0v) is 13.0. The second-order valence-electron chi connectivity index (χ2n) is 5.62. The van der Waals surface area contributed by atoms with Gasteiger partial charge in [0.2, 0.25) is 0 Å². The van der Waals surface area contributed by atoms with Gasteiger partial charge < -0.3 is 10.1 Å². The molecule has 0 aliphatic carbocycles. The maximum atomic E-state index is 12.5. The molecule has 1 heterocycles. The second-order valence-corrected chi connectivity index (χ2v) is 7.61. The lowest BCUT2D eigenvalue weighted by atomic mass is 10.1. The third-order valence-corrected chi connectivity index (χ3v) is 5.62. The lowest BCUT2D eigenvalue weighted by molar-refractivity contribution is 0.0780. The molecule has 2 N–H and O–H groups in total. The van der Waals surface area contributed by atoms with Gasteiger partial charge in [-0.1, -0.05) is 36.4 Å². The SMILES string of the molecule is C[C@@](O)(CS(=O)(=O)c1ccccc1)c1cc2ccccc2[nH]1. The molecule has 0 amide bonds. The van der Waals surface area contributed by atoms with Gasteiger partial charge in [0.15, 0.2) is 9.84 Å². The highest BCUT2D eigenvalue weighted by molar-refractivity contribution is 7.91. The third kappa shape index (κ3) is 2.77. The smallest absolute Gasteiger partial charge is 0.181 e. The number of H-pyrrole nitrogens is 1. The van der Waals surface area contributed by atoms with E-state index in [9.17, 15) is 13.5 Å². The summed E-state index contributed by atoms with van der Waals surface area (Å²) in [7, 11) is -3.57. The van der Waals surface area contributed by atoms with E-state index in [1.807, 2.05) is 24.3 Å². The predicted octanol–water partition coefficient (Wildman–Crippen LogP) is 2.85. The molecule has 0 spiro atoms. The Kier molecular flexibility index (Phi) is 3.54. The van der Waals surface area contributed by atoms with Crippen LogP contribution in [0.1, 0.15) is 12.6 Å². The van der Waals surface area contributed by atoms with Crippen molar-refractivity contribution in [2.45, 2.75) is 17.4 Å². The van der Waals surface area contributed by atoms with E-state index in [4.69, 9.17) is 0 Å². The number of fused-ring (bicyclic) bond motifs is 1. The molecule has 5 heteroatoms. The molecule has 0 unspecified atom stereocenters. The van der Waals surface area contributed by atoms with Crippen molar-refractivity contribution in [1.82, 2.24) is 4.98 Å². The molecule has 0 aliphatic heterocycles. The molecule has 3 aromatic rings. The van der Waals surface area contributed by atoms with Crippen LogP contribution in [-0.2, 0) is 15.4 Å². The number of aromatic amines is 1. The number of aromatic nitrogens is 1. The van der Waals surface area contributed by atoms with Gasteiger partial charge in [-0.2, -0.15) is 0 Å². The molecule has 0 aliphatic rings. The van der Waals surface area contributed by atoms with E-state index in [-0.39, 0.29) is 10.6 Å². The van der Waals surface area contributed by atoms with Crippen LogP contribution in [0, 0.1) is 0 Å². The molecule has 1 atom stereocenters. The molecule has 0 fully saturated rings. The Hall–Kier alpha value is -2.11. The summed E-state index contributed by atoms with van der Waals surface area (Å²) in [5.41, 5.74) is -0.128. The van der Waals surface area contributed by atoms with Crippen molar-refractivity contribution >= 4 is 20.7 Å². The van der Waals surface area contributed by atoms with E-state index in [1.54, 1.807) is 24.3 Å². The van der Waals surface area contributed by atoms with Crippen molar-refractivity contribution < 1.29 is 13.5 Å². The highest BCUT2D eigenvalue weighted by Gasteiger charge is 2.32. The van der Waals surface area contributed by atoms with E-state index in [0.717, 1.165) is 10.9 Å². The molecule has 0 bridgehead atoms. The Bertz CT molecular complexity index is 863. The highest BCUT2D eigenvalue weighted by Crippen LogP contribution is 2.28. The van der Waals surface area contributed by atoms with E-state index in [2.05, 4.69) is 4.98 Å². The van der Waals surface area contributed by atoms with Gasteiger partial charge in [-0.3, -0.25) is 0 Å². The summed E-state index contributed by atoms with van der Waals surface area (Å²) in [5.74, 6) is -0.378. The molecule has 2 aromatic carbocycles. The molecule has 1 aromatic heterocycles. The first-order valence-electron chi connectivity index (χ1n) is 6.97. The monoisotopic (exact) mass is 315 g/mol. The summed E-state index contributed by atoms with van der Waals surface area (Å²) in [6, 6.07) is 17.6. The van der Waals surface area contributed by atoms with Crippen molar-refractivity contribution in [2.75, 3.05) is 5.75 Å². The summed E-state index contributed by atoms with van der Waals surface area (Å²) in [6.45, 7) is 1.51. The molecular weight excluding hydrogens is 298 g/mol. The van der Waals surface area contributed by atoms with Crippen LogP contribution in [0.3, 0.4) is 0 Å². The van der Waals surface area contributed by atoms with Crippen LogP contribution in [0.5, 0.6) is 0 Å². The normalized spacial score (nSPS) is 14.8. The zero-order chi connectivity index (χ0) is 15.8. The average Bonchev–Trinajstić information content (AvgIpc) is 2.92. The largest absolute Gasteiger partial charge is 0.383 e. The summed E-state index contributed by atoms with van der Waals surface area (Å²) >= 11 is 0. The van der Waals surface area contributed by atoms with Gasteiger partial charge in [0.05, 0.1) is 10.6 Å². The number of aliphatic hydroxyl groups is 1. The van der Waals surface area contributed by atoms with Crippen LogP contribution in [0.15, 0.2) is 65.6 Å². The van der Waals surface area contributed by atoms with E-state index in [0.29, 0.717) is 5.69 Å². The Labute approximate surface area is 129 Å². The number of hydrogen-bond acceptors (Lipinski definition) is 3. The first-order valence-corrected chi connectivity index (χ1v) is 8.62. The molecule has 0 radical (unpaired) electrons. The zero-order valence-electron chi connectivity index (χ0n) is 12.2. The van der Waals surface area contributed by atoms with Gasteiger partial charge in [-0.15, -0.1) is 0 Å². The van der Waals surface area contributed by atoms with E-state index < -0.39 is 15.4 Å². The summed E-state index contributed by atoms with van der Waals surface area (Å²) in [6.07, 6.45) is 0. The van der Waals surface area contributed by atoms with E-state index >= 15 is 0 Å². The highest BCUT2D eigenvalue weighted by atomic mass is 32.2. The molecule has 0 saturated carbocycles. The van der Waals surface area contributed by atoms with Gasteiger partial charge in [0, 0.05) is 11.2 Å². The standard InChI is InChI=1S/C17H17NO3S/c1-17(19,12-22(20,21)14-8-3-2-4-9-14)16-11-13-7-5-6-10-15(13)18-16/h2-11,18-19H,12H2,1H3/t17-/m1/s1. The van der Waals surface area contributed by atoms with Crippen LogP contribution < -0.4 is 0 Å². The summed E-state index contributed by atoms with van der Waals surface area (Å²) < 4.78 is 24.9. The molecular formula is C17H17NO3S. The van der Waals surface area contributed by atoms with Crippen LogP contribution >= 0.6 is 0 Å². The van der Waals surface area contributed by atoms with Gasteiger partial charge in [0.1, 0.15) is 5.60 Å². The van der Waals surface area contributed by atoms with Gasteiger partial charge in [-0.05, 0) is 36.6 Å². The lowest BCUT2D eigenvalue weighted by Crippen LogP contribution is -2.31. The number of nitrogens with one attached hydrogen (secondary N) is 1. The van der Waals surface area contributed by atoms with Crippen molar-refractivity contribution in [3.05, 3.63) is 66.4 Å². The maximum absolute atomic E-state index is 12.5. The topological polar surface area (TPSA) is 70.2 Å².